The van der Waals surface area contributed by atoms with Gasteiger partial charge in [-0.15, -0.1) is 0 Å². The van der Waals surface area contributed by atoms with Crippen LogP contribution in [0, 0.1) is 10.8 Å². The molecule has 2 atom stereocenters. The summed E-state index contributed by atoms with van der Waals surface area (Å²) in [5.74, 6) is 0. The Balaban J connectivity index is 3.48. The van der Waals surface area contributed by atoms with Gasteiger partial charge in [-0.05, 0) is 10.8 Å². The topological polar surface area (TPSA) is 66.5 Å². The first-order valence-corrected chi connectivity index (χ1v) is 7.86. The van der Waals surface area contributed by atoms with Gasteiger partial charge in [0.15, 0.2) is 0 Å². The fourth-order valence-electron chi connectivity index (χ4n) is 2.45. The van der Waals surface area contributed by atoms with Crippen LogP contribution in [0.25, 0.3) is 0 Å². The number of halogens is 3. The van der Waals surface area contributed by atoms with Crippen LogP contribution in [-0.4, -0.2) is 36.3 Å². The van der Waals surface area contributed by atoms with Crippen molar-refractivity contribution in [2.75, 3.05) is 0 Å². The Morgan fingerprint density at radius 1 is 1.00 bits per heavy atom. The highest BCUT2D eigenvalue weighted by atomic mass is 32.2. The zero-order valence-corrected chi connectivity index (χ0v) is 13.7. The Morgan fingerprint density at radius 3 is 1.71 bits per heavy atom. The number of sulfonamides is 1. The lowest BCUT2D eigenvalue weighted by Crippen LogP contribution is -2.54. The Hall–Kier alpha value is -0.990. The minimum Gasteiger partial charge on any atom is -0.332 e. The van der Waals surface area contributed by atoms with Crippen molar-refractivity contribution >= 4 is 16.1 Å². The molecule has 1 rings (SSSR count). The van der Waals surface area contributed by atoms with Crippen molar-refractivity contribution < 1.29 is 26.4 Å². The van der Waals surface area contributed by atoms with E-state index >= 15 is 0 Å². The maximum Gasteiger partial charge on any atom is 0.516 e. The molecule has 0 bridgehead atoms. The molecule has 9 heteroatoms. The molecule has 1 heterocycles. The predicted molar refractivity (Wildman–Crippen MR) is 71.8 cm³/mol. The van der Waals surface area contributed by atoms with E-state index in [4.69, 9.17) is 0 Å². The van der Waals surface area contributed by atoms with Gasteiger partial charge in [-0.2, -0.15) is 21.6 Å². The third-order valence-electron chi connectivity index (χ3n) is 3.42. The summed E-state index contributed by atoms with van der Waals surface area (Å²) < 4.78 is 61.9. The molecule has 124 valence electrons. The van der Waals surface area contributed by atoms with E-state index in [0.717, 1.165) is 0 Å². The van der Waals surface area contributed by atoms with Crippen LogP contribution in [0.1, 0.15) is 41.5 Å². The second kappa shape index (κ2) is 4.76. The molecular weight excluding hydrogens is 309 g/mol. The number of nitrogens with zero attached hydrogens (tertiary/aromatic N) is 1. The molecule has 0 spiro atoms. The molecule has 2 amide bonds. The van der Waals surface area contributed by atoms with Gasteiger partial charge in [-0.3, -0.25) is 0 Å². The third-order valence-corrected chi connectivity index (χ3v) is 4.92. The molecule has 1 fully saturated rings. The van der Waals surface area contributed by atoms with Crippen LogP contribution >= 0.6 is 0 Å². The number of alkyl halides is 3. The van der Waals surface area contributed by atoms with Crippen molar-refractivity contribution in [3.8, 4) is 0 Å². The van der Waals surface area contributed by atoms with Crippen LogP contribution in [0.2, 0.25) is 0 Å². The highest BCUT2D eigenvalue weighted by Crippen LogP contribution is 2.42. The average Bonchev–Trinajstić information content (AvgIpc) is 2.53. The minimum atomic E-state index is -5.73. The molecular formula is C12H21F3N2O3S. The smallest absolute Gasteiger partial charge is 0.332 e. The molecule has 5 nitrogen and oxygen atoms in total. The lowest BCUT2D eigenvalue weighted by atomic mass is 9.74. The van der Waals surface area contributed by atoms with Gasteiger partial charge in [-0.1, -0.05) is 41.5 Å². The van der Waals surface area contributed by atoms with Crippen LogP contribution in [0.15, 0.2) is 0 Å². The molecule has 21 heavy (non-hydrogen) atoms. The fourth-order valence-corrected chi connectivity index (χ4v) is 3.68. The molecule has 1 aliphatic rings. The van der Waals surface area contributed by atoms with Crippen molar-refractivity contribution in [1.29, 1.82) is 0 Å². The molecule has 0 unspecified atom stereocenters. The highest BCUT2D eigenvalue weighted by molar-refractivity contribution is 7.90. The number of urea groups is 1. The summed E-state index contributed by atoms with van der Waals surface area (Å²) in [6.07, 6.45) is 0. The first-order chi connectivity index (χ1) is 9.01. The number of hydrogen-bond donors (Lipinski definition) is 1. The van der Waals surface area contributed by atoms with E-state index in [1.807, 2.05) is 0 Å². The van der Waals surface area contributed by atoms with Crippen LogP contribution in [0.4, 0.5) is 18.0 Å². The van der Waals surface area contributed by atoms with Crippen molar-refractivity contribution in [2.45, 2.75) is 59.1 Å². The molecule has 1 aliphatic heterocycles. The quantitative estimate of drug-likeness (QED) is 0.804. The number of nitrogens with one attached hydrogen (secondary N) is 1. The van der Waals surface area contributed by atoms with Gasteiger partial charge in [0.1, 0.15) is 0 Å². The predicted octanol–water partition coefficient (Wildman–Crippen LogP) is 2.69. The summed E-state index contributed by atoms with van der Waals surface area (Å²) in [5, 5.41) is 2.39. The van der Waals surface area contributed by atoms with Gasteiger partial charge in [0, 0.05) is 0 Å². The molecule has 1 saturated heterocycles. The zero-order valence-electron chi connectivity index (χ0n) is 12.9. The van der Waals surface area contributed by atoms with E-state index in [-0.39, 0.29) is 4.31 Å². The van der Waals surface area contributed by atoms with Crippen molar-refractivity contribution in [3.63, 3.8) is 0 Å². The van der Waals surface area contributed by atoms with Crippen LogP contribution < -0.4 is 5.32 Å². The van der Waals surface area contributed by atoms with Gasteiger partial charge < -0.3 is 5.32 Å². The highest BCUT2D eigenvalue weighted by Gasteiger charge is 2.61. The maximum absolute atomic E-state index is 12.8. The van der Waals surface area contributed by atoms with E-state index in [2.05, 4.69) is 5.32 Å². The Kier molecular flexibility index (Phi) is 4.09. The van der Waals surface area contributed by atoms with E-state index in [1.165, 1.54) is 0 Å². The number of amides is 2. The fraction of sp³-hybridized carbons (Fsp3) is 0.917. The summed E-state index contributed by atoms with van der Waals surface area (Å²) in [7, 11) is -5.73. The summed E-state index contributed by atoms with van der Waals surface area (Å²) in [5.41, 5.74) is -6.96. The first-order valence-electron chi connectivity index (χ1n) is 6.42. The first kappa shape index (κ1) is 18.1. The molecule has 0 saturated carbocycles. The maximum atomic E-state index is 12.8. The molecule has 1 N–H and O–H groups in total. The van der Waals surface area contributed by atoms with Crippen molar-refractivity contribution in [2.24, 2.45) is 10.8 Å². The SMILES string of the molecule is CC(C)(C)[C@@H]1NC(=O)N(S(=O)(=O)C(F)(F)F)[C@H]1C(C)(C)C. The van der Waals surface area contributed by atoms with Crippen LogP contribution in [-0.2, 0) is 10.0 Å². The van der Waals surface area contributed by atoms with E-state index in [9.17, 15) is 26.4 Å². The number of rotatable bonds is 1. The van der Waals surface area contributed by atoms with E-state index in [0.29, 0.717) is 0 Å². The summed E-state index contributed by atoms with van der Waals surface area (Å²) in [6, 6.07) is -3.08. The average molecular weight is 330 g/mol. The molecule has 0 aromatic rings. The lowest BCUT2D eigenvalue weighted by molar-refractivity contribution is -0.0496. The lowest BCUT2D eigenvalue weighted by Gasteiger charge is -2.40. The number of hydrogen-bond acceptors (Lipinski definition) is 3. The van der Waals surface area contributed by atoms with Gasteiger partial charge in [0.2, 0.25) is 0 Å². The van der Waals surface area contributed by atoms with E-state index in [1.54, 1.807) is 41.5 Å². The molecule has 0 radical (unpaired) electrons. The Bertz CT molecular complexity index is 529. The van der Waals surface area contributed by atoms with Gasteiger partial charge in [0.05, 0.1) is 12.1 Å². The van der Waals surface area contributed by atoms with Crippen LogP contribution in [0.5, 0.6) is 0 Å². The monoisotopic (exact) mass is 330 g/mol. The zero-order chi connectivity index (χ0) is 17.0. The second-order valence-electron chi connectivity index (χ2n) is 7.35. The molecule has 0 aromatic carbocycles. The number of carbonyl (C=O) groups is 1. The standard InChI is InChI=1S/C12H21F3N2O3S/c1-10(2,3)7-8(11(4,5)6)17(9(18)16-7)21(19,20)12(13,14)15/h7-8H,1-6H3,(H,16,18)/t7-,8-/m1/s1. The van der Waals surface area contributed by atoms with Crippen molar-refractivity contribution in [1.82, 2.24) is 9.62 Å². The molecule has 0 aromatic heterocycles. The third kappa shape index (κ3) is 3.12. The Morgan fingerprint density at radius 2 is 1.43 bits per heavy atom. The normalized spacial score (nSPS) is 25.2. The van der Waals surface area contributed by atoms with Gasteiger partial charge >= 0.3 is 21.6 Å². The van der Waals surface area contributed by atoms with Gasteiger partial charge in [-0.25, -0.2) is 9.10 Å². The molecule has 0 aliphatic carbocycles. The van der Waals surface area contributed by atoms with E-state index < -0.39 is 44.5 Å². The second-order valence-corrected chi connectivity index (χ2v) is 9.16. The van der Waals surface area contributed by atoms with Crippen molar-refractivity contribution in [3.05, 3.63) is 0 Å². The summed E-state index contributed by atoms with van der Waals surface area (Å²) in [6.45, 7) is 10.0. The van der Waals surface area contributed by atoms with Gasteiger partial charge in [0.25, 0.3) is 0 Å². The number of carbonyl (C=O) groups excluding carboxylic acids is 1. The Labute approximate surface area is 122 Å². The summed E-state index contributed by atoms with van der Waals surface area (Å²) >= 11 is 0. The van der Waals surface area contributed by atoms with Crippen LogP contribution in [0.3, 0.4) is 0 Å². The minimum absolute atomic E-state index is 0.0388. The largest absolute Gasteiger partial charge is 0.516 e. The summed E-state index contributed by atoms with van der Waals surface area (Å²) in [4.78, 5) is 11.9.